The van der Waals surface area contributed by atoms with Crippen molar-refractivity contribution in [2.45, 2.75) is 58.2 Å². The Balaban J connectivity index is 1.84. The molecule has 2 amide bonds. The van der Waals surface area contributed by atoms with Gasteiger partial charge in [-0.1, -0.05) is 38.1 Å². The third kappa shape index (κ3) is 3.56. The summed E-state index contributed by atoms with van der Waals surface area (Å²) in [6.45, 7) is 6.07. The van der Waals surface area contributed by atoms with Gasteiger partial charge in [0.1, 0.15) is 6.04 Å². The molecular formula is C20H28N2O3. The number of benzene rings is 1. The molecule has 5 heteroatoms. The first-order chi connectivity index (χ1) is 11.9. The Morgan fingerprint density at radius 3 is 2.68 bits per heavy atom. The maximum atomic E-state index is 12.9. The molecule has 0 bridgehead atoms. The van der Waals surface area contributed by atoms with Crippen molar-refractivity contribution in [3.05, 3.63) is 35.4 Å². The Hall–Kier alpha value is -1.88. The van der Waals surface area contributed by atoms with Gasteiger partial charge in [-0.15, -0.1) is 0 Å². The molecule has 0 saturated carbocycles. The topological polar surface area (TPSA) is 69.6 Å². The number of aryl methyl sites for hydroxylation is 1. The van der Waals surface area contributed by atoms with Crippen molar-refractivity contribution in [1.29, 1.82) is 0 Å². The van der Waals surface area contributed by atoms with Crippen molar-refractivity contribution in [1.82, 2.24) is 10.2 Å². The third-order valence-corrected chi connectivity index (χ3v) is 5.71. The van der Waals surface area contributed by atoms with Gasteiger partial charge in [0.05, 0.1) is 12.1 Å². The zero-order chi connectivity index (χ0) is 18.1. The quantitative estimate of drug-likeness (QED) is 0.882. The summed E-state index contributed by atoms with van der Waals surface area (Å²) in [6.07, 6.45) is 1.77. The molecule has 0 radical (unpaired) electrons. The maximum Gasteiger partial charge on any atom is 0.243 e. The second-order valence-electron chi connectivity index (χ2n) is 7.71. The molecular weight excluding hydrogens is 316 g/mol. The van der Waals surface area contributed by atoms with E-state index in [9.17, 15) is 14.7 Å². The fraction of sp³-hybridized carbons (Fsp3) is 0.600. The van der Waals surface area contributed by atoms with E-state index in [1.165, 1.54) is 23.0 Å². The normalized spacial score (nSPS) is 28.8. The molecule has 1 saturated heterocycles. The average Bonchev–Trinajstić information content (AvgIpc) is 2.97. The number of hydrogen-bond donors (Lipinski definition) is 2. The molecule has 5 nitrogen and oxygen atoms in total. The molecule has 25 heavy (non-hydrogen) atoms. The zero-order valence-electron chi connectivity index (χ0n) is 15.2. The predicted molar refractivity (Wildman–Crippen MR) is 95.8 cm³/mol. The van der Waals surface area contributed by atoms with E-state index in [4.69, 9.17) is 0 Å². The number of carbonyl (C=O) groups is 2. The number of amides is 2. The van der Waals surface area contributed by atoms with Crippen LogP contribution < -0.4 is 5.32 Å². The molecule has 2 N–H and O–H groups in total. The first-order valence-corrected chi connectivity index (χ1v) is 9.22. The van der Waals surface area contributed by atoms with Crippen LogP contribution in [0.25, 0.3) is 0 Å². The Labute approximate surface area is 149 Å². The zero-order valence-corrected chi connectivity index (χ0v) is 15.2. The van der Waals surface area contributed by atoms with Crippen molar-refractivity contribution in [2.75, 3.05) is 6.54 Å². The van der Waals surface area contributed by atoms with E-state index < -0.39 is 12.1 Å². The fourth-order valence-corrected chi connectivity index (χ4v) is 4.35. The molecule has 0 spiro atoms. The van der Waals surface area contributed by atoms with Crippen LogP contribution in [0.1, 0.15) is 50.8 Å². The Kier molecular flexibility index (Phi) is 5.13. The van der Waals surface area contributed by atoms with Gasteiger partial charge in [0.25, 0.3) is 0 Å². The number of fused-ring (bicyclic) bond motifs is 1. The molecule has 0 aromatic heterocycles. The van der Waals surface area contributed by atoms with Gasteiger partial charge in [0.2, 0.25) is 11.8 Å². The number of rotatable bonds is 3. The summed E-state index contributed by atoms with van der Waals surface area (Å²) < 4.78 is 0. The number of carbonyl (C=O) groups excluding carboxylic acids is 2. The largest absolute Gasteiger partial charge is 0.391 e. The summed E-state index contributed by atoms with van der Waals surface area (Å²) in [7, 11) is 0. The molecule has 1 fully saturated rings. The van der Waals surface area contributed by atoms with Crippen molar-refractivity contribution in [3.8, 4) is 0 Å². The van der Waals surface area contributed by atoms with Gasteiger partial charge in [-0.3, -0.25) is 9.59 Å². The highest BCUT2D eigenvalue weighted by Crippen LogP contribution is 2.38. The van der Waals surface area contributed by atoms with Gasteiger partial charge >= 0.3 is 0 Å². The summed E-state index contributed by atoms with van der Waals surface area (Å²) in [5.41, 5.74) is 2.48. The monoisotopic (exact) mass is 344 g/mol. The lowest BCUT2D eigenvalue weighted by molar-refractivity contribution is -0.137. The molecule has 1 aromatic rings. The summed E-state index contributed by atoms with van der Waals surface area (Å²) in [5.74, 6) is 0.507. The van der Waals surface area contributed by atoms with Gasteiger partial charge in [0.15, 0.2) is 0 Å². The lowest BCUT2D eigenvalue weighted by Crippen LogP contribution is -2.48. The number of hydrogen-bond acceptors (Lipinski definition) is 3. The van der Waals surface area contributed by atoms with E-state index in [-0.39, 0.29) is 24.4 Å². The van der Waals surface area contributed by atoms with Crippen molar-refractivity contribution in [2.24, 2.45) is 11.8 Å². The van der Waals surface area contributed by atoms with Crippen LogP contribution in [-0.2, 0) is 16.0 Å². The van der Waals surface area contributed by atoms with Crippen LogP contribution in [0, 0.1) is 11.8 Å². The molecule has 2 aliphatic rings. The van der Waals surface area contributed by atoms with Gasteiger partial charge in [-0.2, -0.15) is 0 Å². The highest BCUT2D eigenvalue weighted by atomic mass is 16.3. The number of aliphatic hydroxyl groups excluding tert-OH is 1. The highest BCUT2D eigenvalue weighted by Gasteiger charge is 2.40. The van der Waals surface area contributed by atoms with Crippen molar-refractivity contribution < 1.29 is 14.7 Å². The molecule has 3 rings (SSSR count). The molecule has 1 aliphatic carbocycles. The minimum Gasteiger partial charge on any atom is -0.391 e. The first kappa shape index (κ1) is 17.9. The summed E-state index contributed by atoms with van der Waals surface area (Å²) in [5, 5.41) is 13.1. The molecule has 1 aliphatic heterocycles. The molecule has 1 heterocycles. The van der Waals surface area contributed by atoms with E-state index in [2.05, 4.69) is 31.3 Å². The molecule has 1 aromatic carbocycles. The van der Waals surface area contributed by atoms with E-state index >= 15 is 0 Å². The van der Waals surface area contributed by atoms with Crippen LogP contribution in [-0.4, -0.2) is 40.5 Å². The highest BCUT2D eigenvalue weighted by molar-refractivity contribution is 5.88. The average molecular weight is 344 g/mol. The summed E-state index contributed by atoms with van der Waals surface area (Å²) in [4.78, 5) is 26.2. The SMILES string of the molecule is CC(=O)N1C[C@H](O)C[C@@H]1C(=O)N[C@@H]1c2ccccc2CC[C@@H]1C(C)C. The number of nitrogens with zero attached hydrogens (tertiary/aromatic N) is 1. The Bertz CT molecular complexity index is 658. The molecule has 4 atom stereocenters. The molecule has 0 unspecified atom stereocenters. The van der Waals surface area contributed by atoms with Crippen LogP contribution >= 0.6 is 0 Å². The van der Waals surface area contributed by atoms with Crippen molar-refractivity contribution in [3.63, 3.8) is 0 Å². The molecule has 136 valence electrons. The standard InChI is InChI=1S/C20H28N2O3/c1-12(2)16-9-8-14-6-4-5-7-17(14)19(16)21-20(25)18-10-15(24)11-22(18)13(3)23/h4-7,12,15-16,18-19,24H,8-11H2,1-3H3,(H,21,25)/t15-,16-,18-,19+/m1/s1. The number of aliphatic hydroxyl groups is 1. The van der Waals surface area contributed by atoms with Gasteiger partial charge in [0, 0.05) is 19.9 Å². The van der Waals surface area contributed by atoms with Crippen molar-refractivity contribution >= 4 is 11.8 Å². The lowest BCUT2D eigenvalue weighted by atomic mass is 9.74. The van der Waals surface area contributed by atoms with Gasteiger partial charge in [-0.05, 0) is 35.8 Å². The van der Waals surface area contributed by atoms with Gasteiger partial charge in [-0.25, -0.2) is 0 Å². The van der Waals surface area contributed by atoms with E-state index in [0.717, 1.165) is 12.8 Å². The van der Waals surface area contributed by atoms with Crippen LogP contribution in [0.3, 0.4) is 0 Å². The van der Waals surface area contributed by atoms with Crippen LogP contribution in [0.5, 0.6) is 0 Å². The fourth-order valence-electron chi connectivity index (χ4n) is 4.35. The Morgan fingerprint density at radius 1 is 1.28 bits per heavy atom. The maximum absolute atomic E-state index is 12.9. The number of β-amino-alcohol motifs (C(OH)–C–C–N with tert-alkyl or cyclic N) is 1. The number of likely N-dealkylation sites (tertiary alicyclic amines) is 1. The second kappa shape index (κ2) is 7.16. The second-order valence-corrected chi connectivity index (χ2v) is 7.71. The van der Waals surface area contributed by atoms with Crippen LogP contribution in [0.4, 0.5) is 0 Å². The third-order valence-electron chi connectivity index (χ3n) is 5.71. The Morgan fingerprint density at radius 2 is 2.00 bits per heavy atom. The van der Waals surface area contributed by atoms with Crippen LogP contribution in [0.15, 0.2) is 24.3 Å². The van der Waals surface area contributed by atoms with E-state index in [1.807, 2.05) is 12.1 Å². The smallest absolute Gasteiger partial charge is 0.243 e. The minimum absolute atomic E-state index is 0.0380. The van der Waals surface area contributed by atoms with Crippen LogP contribution in [0.2, 0.25) is 0 Å². The summed E-state index contributed by atoms with van der Waals surface area (Å²) in [6, 6.07) is 7.67. The predicted octanol–water partition coefficient (Wildman–Crippen LogP) is 2.04. The summed E-state index contributed by atoms with van der Waals surface area (Å²) >= 11 is 0. The van der Waals surface area contributed by atoms with E-state index in [1.54, 1.807) is 0 Å². The first-order valence-electron chi connectivity index (χ1n) is 9.22. The van der Waals surface area contributed by atoms with E-state index in [0.29, 0.717) is 18.3 Å². The minimum atomic E-state index is -0.626. The number of nitrogens with one attached hydrogen (secondary N) is 1. The van der Waals surface area contributed by atoms with Gasteiger partial charge < -0.3 is 15.3 Å². The lowest BCUT2D eigenvalue weighted by Gasteiger charge is -2.37.